The molecule has 1 aliphatic rings. The van der Waals surface area contributed by atoms with Crippen molar-refractivity contribution in [1.29, 1.82) is 0 Å². The lowest BCUT2D eigenvalue weighted by atomic mass is 10.2. The van der Waals surface area contributed by atoms with Gasteiger partial charge in [-0.2, -0.15) is 5.10 Å². The maximum Gasteiger partial charge on any atom is 0.257 e. The van der Waals surface area contributed by atoms with Crippen molar-refractivity contribution in [1.82, 2.24) is 19.9 Å². The van der Waals surface area contributed by atoms with Crippen molar-refractivity contribution in [2.45, 2.75) is 26.5 Å². The number of hydrogen-bond donors (Lipinski definition) is 2. The van der Waals surface area contributed by atoms with Crippen LogP contribution in [-0.2, 0) is 6.54 Å². The number of amides is 1. The van der Waals surface area contributed by atoms with Crippen LogP contribution >= 0.6 is 0 Å². The average molecular weight is 355 g/mol. The lowest BCUT2D eigenvalue weighted by Crippen LogP contribution is -2.34. The van der Waals surface area contributed by atoms with Crippen molar-refractivity contribution in [3.63, 3.8) is 0 Å². The number of halogens is 1. The van der Waals surface area contributed by atoms with Gasteiger partial charge in [-0.3, -0.25) is 4.79 Å². The summed E-state index contributed by atoms with van der Waals surface area (Å²) < 4.78 is 21.1. The summed E-state index contributed by atoms with van der Waals surface area (Å²) in [5.74, 6) is 0.543. The zero-order valence-corrected chi connectivity index (χ0v) is 14.4. The number of fused-ring (bicyclic) bond motifs is 2. The largest absolute Gasteiger partial charge is 0.489 e. The molecule has 0 fully saturated rings. The normalized spacial score (nSPS) is 17.3. The van der Waals surface area contributed by atoms with Crippen LogP contribution in [0.5, 0.6) is 5.75 Å². The van der Waals surface area contributed by atoms with Crippen LogP contribution in [0.15, 0.2) is 30.5 Å². The van der Waals surface area contributed by atoms with Crippen LogP contribution in [0.4, 0.5) is 10.2 Å². The van der Waals surface area contributed by atoms with Crippen molar-refractivity contribution in [2.75, 3.05) is 11.9 Å². The minimum atomic E-state index is -0.337. The molecule has 7 nitrogen and oxygen atoms in total. The first-order chi connectivity index (χ1) is 12.5. The zero-order valence-electron chi connectivity index (χ0n) is 14.4. The fourth-order valence-electron chi connectivity index (χ4n) is 2.97. The van der Waals surface area contributed by atoms with E-state index in [1.165, 1.54) is 12.1 Å². The molecule has 2 N–H and O–H groups in total. The molecule has 4 rings (SSSR count). The number of ether oxygens (including phenoxy) is 1. The topological polar surface area (TPSA) is 80.6 Å². The fourth-order valence-corrected chi connectivity index (χ4v) is 2.97. The molecular formula is C18H18FN5O2. The monoisotopic (exact) mass is 355 g/mol. The molecule has 134 valence electrons. The highest BCUT2D eigenvalue weighted by Crippen LogP contribution is 2.23. The van der Waals surface area contributed by atoms with Gasteiger partial charge >= 0.3 is 0 Å². The SMILES string of the molecule is Cc1nn2ccc3nc2c1C(=O)NC[C@H](C)Oc1ccc(F)cc1CN3. The molecule has 3 heterocycles. The molecule has 0 saturated carbocycles. The van der Waals surface area contributed by atoms with E-state index in [1.807, 2.05) is 6.92 Å². The maximum atomic E-state index is 13.7. The van der Waals surface area contributed by atoms with E-state index in [0.717, 1.165) is 0 Å². The second kappa shape index (κ2) is 6.29. The Morgan fingerprint density at radius 3 is 3.00 bits per heavy atom. The zero-order chi connectivity index (χ0) is 18.3. The predicted molar refractivity (Wildman–Crippen MR) is 93.9 cm³/mol. The molecule has 8 heteroatoms. The van der Waals surface area contributed by atoms with Gasteiger partial charge in [0.2, 0.25) is 0 Å². The molecule has 1 amide bonds. The van der Waals surface area contributed by atoms with E-state index < -0.39 is 0 Å². The van der Waals surface area contributed by atoms with Gasteiger partial charge in [-0.05, 0) is 38.1 Å². The average Bonchev–Trinajstić information content (AvgIpc) is 2.94. The summed E-state index contributed by atoms with van der Waals surface area (Å²) in [6.45, 7) is 4.26. The van der Waals surface area contributed by atoms with Gasteiger partial charge in [-0.25, -0.2) is 13.9 Å². The number of anilines is 1. The molecule has 0 spiro atoms. The van der Waals surface area contributed by atoms with Crippen molar-refractivity contribution in [2.24, 2.45) is 0 Å². The van der Waals surface area contributed by atoms with E-state index >= 15 is 0 Å². The van der Waals surface area contributed by atoms with Crippen LogP contribution in [0.1, 0.15) is 28.5 Å². The first kappa shape index (κ1) is 16.3. The Morgan fingerprint density at radius 1 is 1.31 bits per heavy atom. The molecule has 3 aromatic rings. The highest BCUT2D eigenvalue weighted by Gasteiger charge is 2.20. The number of nitrogens with zero attached hydrogens (tertiary/aromatic N) is 3. The molecule has 1 aromatic carbocycles. The highest BCUT2D eigenvalue weighted by molar-refractivity contribution is 6.01. The Bertz CT molecular complexity index is 1000. The van der Waals surface area contributed by atoms with Gasteiger partial charge in [0.05, 0.1) is 12.2 Å². The summed E-state index contributed by atoms with van der Waals surface area (Å²) in [6, 6.07) is 6.14. The summed E-state index contributed by atoms with van der Waals surface area (Å²) in [5, 5.41) is 10.3. The third kappa shape index (κ3) is 2.94. The van der Waals surface area contributed by atoms with E-state index in [1.54, 1.807) is 29.8 Å². The number of aryl methyl sites for hydroxylation is 1. The molecule has 1 atom stereocenters. The Balaban J connectivity index is 1.80. The molecule has 1 aliphatic heterocycles. The highest BCUT2D eigenvalue weighted by atomic mass is 19.1. The molecular weight excluding hydrogens is 337 g/mol. The van der Waals surface area contributed by atoms with Crippen LogP contribution < -0.4 is 15.4 Å². The van der Waals surface area contributed by atoms with Gasteiger partial charge in [0.15, 0.2) is 5.65 Å². The second-order valence-corrected chi connectivity index (χ2v) is 6.29. The summed E-state index contributed by atoms with van der Waals surface area (Å²) >= 11 is 0. The van der Waals surface area contributed by atoms with Crippen molar-refractivity contribution >= 4 is 17.4 Å². The number of rotatable bonds is 0. The molecule has 2 bridgehead atoms. The van der Waals surface area contributed by atoms with Gasteiger partial charge < -0.3 is 15.4 Å². The lowest BCUT2D eigenvalue weighted by molar-refractivity contribution is 0.0933. The second-order valence-electron chi connectivity index (χ2n) is 6.29. The smallest absolute Gasteiger partial charge is 0.257 e. The van der Waals surface area contributed by atoms with Gasteiger partial charge in [-0.1, -0.05) is 0 Å². The minimum absolute atomic E-state index is 0.254. The third-order valence-corrected chi connectivity index (χ3v) is 4.25. The van der Waals surface area contributed by atoms with E-state index in [0.29, 0.717) is 47.1 Å². The summed E-state index contributed by atoms with van der Waals surface area (Å²) in [7, 11) is 0. The summed E-state index contributed by atoms with van der Waals surface area (Å²) in [5.41, 5.74) is 2.18. The van der Waals surface area contributed by atoms with E-state index in [4.69, 9.17) is 4.74 Å². The lowest BCUT2D eigenvalue weighted by Gasteiger charge is -2.18. The fraction of sp³-hybridized carbons (Fsp3) is 0.278. The van der Waals surface area contributed by atoms with E-state index in [-0.39, 0.29) is 17.8 Å². The first-order valence-corrected chi connectivity index (χ1v) is 8.34. The van der Waals surface area contributed by atoms with Crippen LogP contribution in [0, 0.1) is 12.7 Å². The Labute approximate surface area is 149 Å². The summed E-state index contributed by atoms with van der Waals surface area (Å²) in [4.78, 5) is 17.1. The maximum absolute atomic E-state index is 13.7. The number of carbonyl (C=O) groups is 1. The van der Waals surface area contributed by atoms with Crippen LogP contribution in [0.2, 0.25) is 0 Å². The Hall–Kier alpha value is -3.16. The van der Waals surface area contributed by atoms with Gasteiger partial charge in [0.25, 0.3) is 5.91 Å². The van der Waals surface area contributed by atoms with E-state index in [9.17, 15) is 9.18 Å². The van der Waals surface area contributed by atoms with Crippen molar-refractivity contribution in [3.8, 4) is 5.75 Å². The van der Waals surface area contributed by atoms with E-state index in [2.05, 4.69) is 20.7 Å². The van der Waals surface area contributed by atoms with Gasteiger partial charge in [0, 0.05) is 18.3 Å². The number of nitrogens with one attached hydrogen (secondary N) is 2. The van der Waals surface area contributed by atoms with Crippen LogP contribution in [-0.4, -0.2) is 33.2 Å². The predicted octanol–water partition coefficient (Wildman–Crippen LogP) is 2.30. The van der Waals surface area contributed by atoms with Gasteiger partial charge in [-0.15, -0.1) is 0 Å². The molecule has 0 radical (unpaired) electrons. The minimum Gasteiger partial charge on any atom is -0.489 e. The quantitative estimate of drug-likeness (QED) is 0.647. The Morgan fingerprint density at radius 2 is 2.15 bits per heavy atom. The Kier molecular flexibility index (Phi) is 3.95. The van der Waals surface area contributed by atoms with Gasteiger partial charge in [0.1, 0.15) is 29.1 Å². The molecule has 2 aromatic heterocycles. The number of carbonyl (C=O) groups excluding carboxylic acids is 1. The van der Waals surface area contributed by atoms with Crippen molar-refractivity contribution in [3.05, 3.63) is 53.1 Å². The van der Waals surface area contributed by atoms with Crippen LogP contribution in [0.25, 0.3) is 5.65 Å². The standard InChI is InChI=1S/C18H18FN5O2/c1-10-8-21-18(25)16-11(2)23-24-6-5-15(22-17(16)24)20-9-12-7-13(19)3-4-14(12)26-10/h3-7,10H,8-9H2,1-2H3,(H,20,22)(H,21,25)/t10-/m0/s1. The third-order valence-electron chi connectivity index (χ3n) is 4.25. The summed E-state index contributed by atoms with van der Waals surface area (Å²) in [6.07, 6.45) is 1.45. The van der Waals surface area contributed by atoms with Crippen LogP contribution in [0.3, 0.4) is 0 Å². The molecule has 0 aliphatic carbocycles. The first-order valence-electron chi connectivity index (χ1n) is 8.34. The number of hydrogen-bond acceptors (Lipinski definition) is 5. The van der Waals surface area contributed by atoms with Crippen molar-refractivity contribution < 1.29 is 13.9 Å². The molecule has 26 heavy (non-hydrogen) atoms. The molecule has 0 saturated heterocycles. The number of benzene rings is 1. The molecule has 0 unspecified atom stereocenters. The number of aromatic nitrogens is 3.